The van der Waals surface area contributed by atoms with E-state index in [0.717, 1.165) is 0 Å². The van der Waals surface area contributed by atoms with Gasteiger partial charge >= 0.3 is 0 Å². The molecule has 0 aromatic heterocycles. The van der Waals surface area contributed by atoms with Gasteiger partial charge in [-0.15, -0.1) is 0 Å². The summed E-state index contributed by atoms with van der Waals surface area (Å²) in [5, 5.41) is 0. The van der Waals surface area contributed by atoms with Crippen molar-refractivity contribution in [1.82, 2.24) is 0 Å². The largest absolute Gasteiger partial charge is 0.441 e. The molecule has 0 aromatic carbocycles. The highest BCUT2D eigenvalue weighted by Gasteiger charge is 2.18. The molecule has 0 N–H and O–H groups in total. The van der Waals surface area contributed by atoms with Crippen LogP contribution in [-0.4, -0.2) is 26.6 Å². The van der Waals surface area contributed by atoms with E-state index in [4.69, 9.17) is 8.23 Å². The topological polar surface area (TPSA) is 18.5 Å². The van der Waals surface area contributed by atoms with Crippen molar-refractivity contribution >= 4 is 26.6 Å². The molecule has 0 bridgehead atoms. The molecule has 0 aliphatic carbocycles. The minimum absolute atomic E-state index is 0.674. The summed E-state index contributed by atoms with van der Waals surface area (Å²) < 4.78 is 11.4. The van der Waals surface area contributed by atoms with Crippen molar-refractivity contribution in [3.05, 3.63) is 0 Å². The molecule has 0 amide bonds. The fraction of sp³-hybridized carbons (Fsp3) is 1.00. The Hall–Kier alpha value is 0.571. The van der Waals surface area contributed by atoms with Crippen LogP contribution in [0.1, 0.15) is 0 Å². The summed E-state index contributed by atoms with van der Waals surface area (Å²) in [6, 6.07) is 0. The Kier molecular flexibility index (Phi) is 4.20. The zero-order valence-corrected chi connectivity index (χ0v) is 11.9. The first kappa shape index (κ1) is 11.6. The molecule has 0 spiro atoms. The third-order valence-electron chi connectivity index (χ3n) is 0.984. The van der Waals surface area contributed by atoms with Gasteiger partial charge in [0, 0.05) is 0 Å². The fourth-order valence-corrected chi connectivity index (χ4v) is 3.98. The van der Waals surface area contributed by atoms with Gasteiger partial charge in [-0.25, -0.2) is 0 Å². The molecule has 2 nitrogen and oxygen atoms in total. The molecular weight excluding hydrogens is 188 g/mol. The van der Waals surface area contributed by atoms with Gasteiger partial charge in [-0.1, -0.05) is 0 Å². The molecular formula is C6H20O2Si3. The average molecular weight is 208 g/mol. The first-order valence-corrected chi connectivity index (χ1v) is 12.0. The van der Waals surface area contributed by atoms with Crippen molar-refractivity contribution in [2.45, 2.75) is 39.3 Å². The van der Waals surface area contributed by atoms with E-state index < -0.39 is 26.6 Å². The third-order valence-corrected chi connectivity index (χ3v) is 8.85. The van der Waals surface area contributed by atoms with E-state index >= 15 is 0 Å². The molecule has 0 saturated carbocycles. The van der Waals surface area contributed by atoms with Gasteiger partial charge in [0.2, 0.25) is 0 Å². The molecule has 0 fully saturated rings. The van der Waals surface area contributed by atoms with E-state index in [9.17, 15) is 0 Å². The molecule has 0 atom stereocenters. The maximum Gasteiger partial charge on any atom is 0.283 e. The molecule has 0 aliphatic heterocycles. The molecule has 0 unspecified atom stereocenters. The summed E-state index contributed by atoms with van der Waals surface area (Å²) >= 11 is 0. The highest BCUT2D eigenvalue weighted by molar-refractivity contribution is 6.77. The van der Waals surface area contributed by atoms with Crippen molar-refractivity contribution < 1.29 is 8.23 Å². The monoisotopic (exact) mass is 208 g/mol. The number of rotatable bonds is 4. The summed E-state index contributed by atoms with van der Waals surface area (Å²) in [4.78, 5) is 0. The smallest absolute Gasteiger partial charge is 0.283 e. The van der Waals surface area contributed by atoms with Gasteiger partial charge in [0.15, 0.2) is 16.6 Å². The Labute approximate surface area is 74.6 Å². The van der Waals surface area contributed by atoms with Crippen molar-refractivity contribution in [2.75, 3.05) is 0 Å². The van der Waals surface area contributed by atoms with Crippen molar-refractivity contribution in [1.29, 1.82) is 0 Å². The van der Waals surface area contributed by atoms with Gasteiger partial charge < -0.3 is 8.23 Å². The molecule has 0 aromatic rings. The fourth-order valence-electron chi connectivity index (χ4n) is 0.383. The first-order chi connectivity index (χ1) is 4.71. The summed E-state index contributed by atoms with van der Waals surface area (Å²) in [7, 11) is -3.27. The highest BCUT2D eigenvalue weighted by atomic mass is 28.4. The third kappa shape index (κ3) is 10.6. The highest BCUT2D eigenvalue weighted by Crippen LogP contribution is 2.05. The normalized spacial score (nSPS) is 13.6. The van der Waals surface area contributed by atoms with Crippen LogP contribution in [0.15, 0.2) is 0 Å². The zero-order chi connectivity index (χ0) is 9.12. The van der Waals surface area contributed by atoms with E-state index in [2.05, 4.69) is 39.3 Å². The van der Waals surface area contributed by atoms with Gasteiger partial charge in [-0.2, -0.15) is 0 Å². The van der Waals surface area contributed by atoms with Crippen molar-refractivity contribution in [2.24, 2.45) is 0 Å². The lowest BCUT2D eigenvalue weighted by Gasteiger charge is -2.22. The molecule has 0 saturated heterocycles. The molecule has 0 rings (SSSR count). The van der Waals surface area contributed by atoms with Gasteiger partial charge in [-0.05, 0) is 39.3 Å². The van der Waals surface area contributed by atoms with Crippen LogP contribution in [0.4, 0.5) is 0 Å². The molecule has 0 heterocycles. The van der Waals surface area contributed by atoms with E-state index in [1.54, 1.807) is 0 Å². The van der Waals surface area contributed by atoms with E-state index in [0.29, 0.717) is 0 Å². The predicted molar refractivity (Wildman–Crippen MR) is 57.4 cm³/mol. The quantitative estimate of drug-likeness (QED) is 0.655. The Bertz CT molecular complexity index is 100.0. The maximum absolute atomic E-state index is 5.70. The molecule has 0 aliphatic rings. The van der Waals surface area contributed by atoms with Crippen LogP contribution < -0.4 is 0 Å². The standard InChI is InChI=1S/C6H20O2Si3/c1-10(2,3)7-9-8-11(4,5)6/h9H2,1-6H3. The minimum atomic E-state index is -1.30. The van der Waals surface area contributed by atoms with Crippen LogP contribution >= 0.6 is 0 Å². The Balaban J connectivity index is 3.44. The SMILES string of the molecule is C[Si](C)(C)O[SiH2]O[Si](C)(C)C. The summed E-state index contributed by atoms with van der Waals surface area (Å²) in [6.45, 7) is 13.2. The Morgan fingerprint density at radius 1 is 0.727 bits per heavy atom. The minimum Gasteiger partial charge on any atom is -0.441 e. The van der Waals surface area contributed by atoms with E-state index in [1.165, 1.54) is 0 Å². The summed E-state index contributed by atoms with van der Waals surface area (Å²) in [6.07, 6.45) is 0. The first-order valence-electron chi connectivity index (χ1n) is 3.99. The summed E-state index contributed by atoms with van der Waals surface area (Å²) in [5.74, 6) is 0. The van der Waals surface area contributed by atoms with Crippen LogP contribution in [-0.2, 0) is 8.23 Å². The molecule has 11 heavy (non-hydrogen) atoms. The molecule has 0 radical (unpaired) electrons. The van der Waals surface area contributed by atoms with E-state index in [-0.39, 0.29) is 0 Å². The van der Waals surface area contributed by atoms with Crippen LogP contribution in [0.3, 0.4) is 0 Å². The van der Waals surface area contributed by atoms with Gasteiger partial charge in [0.05, 0.1) is 0 Å². The van der Waals surface area contributed by atoms with E-state index in [1.807, 2.05) is 0 Å². The van der Waals surface area contributed by atoms with Crippen LogP contribution in [0, 0.1) is 0 Å². The lowest BCUT2D eigenvalue weighted by molar-refractivity contribution is 0.457. The van der Waals surface area contributed by atoms with Gasteiger partial charge in [-0.3, -0.25) is 0 Å². The van der Waals surface area contributed by atoms with Gasteiger partial charge in [0.1, 0.15) is 0 Å². The second-order valence-corrected chi connectivity index (χ2v) is 15.6. The molecule has 68 valence electrons. The van der Waals surface area contributed by atoms with Crippen molar-refractivity contribution in [3.63, 3.8) is 0 Å². The predicted octanol–water partition coefficient (Wildman–Crippen LogP) is 1.69. The second kappa shape index (κ2) is 3.99. The molecule has 5 heteroatoms. The Morgan fingerprint density at radius 3 is 1.18 bits per heavy atom. The summed E-state index contributed by atoms with van der Waals surface area (Å²) in [5.41, 5.74) is 0. The van der Waals surface area contributed by atoms with Crippen LogP contribution in [0.2, 0.25) is 39.3 Å². The zero-order valence-electron chi connectivity index (χ0n) is 8.52. The van der Waals surface area contributed by atoms with Crippen molar-refractivity contribution in [3.8, 4) is 0 Å². The lowest BCUT2D eigenvalue weighted by Crippen LogP contribution is -2.34. The second-order valence-electron chi connectivity index (χ2n) is 4.63. The van der Waals surface area contributed by atoms with Crippen LogP contribution in [0.25, 0.3) is 0 Å². The number of hydrogen-bond acceptors (Lipinski definition) is 2. The van der Waals surface area contributed by atoms with Gasteiger partial charge in [0.25, 0.3) is 10.0 Å². The average Bonchev–Trinajstić information content (AvgIpc) is 1.55. The Morgan fingerprint density at radius 2 is 1.00 bits per heavy atom. The number of hydrogen-bond donors (Lipinski definition) is 0. The lowest BCUT2D eigenvalue weighted by atomic mass is 11.8. The van der Waals surface area contributed by atoms with Crippen LogP contribution in [0.5, 0.6) is 0 Å². The maximum atomic E-state index is 5.70.